The first-order chi connectivity index (χ1) is 25.4. The van der Waals surface area contributed by atoms with Gasteiger partial charge in [-0.1, -0.05) is 66.2 Å². The van der Waals surface area contributed by atoms with Crippen LogP contribution >= 0.6 is 0 Å². The van der Waals surface area contributed by atoms with Crippen LogP contribution in [0.2, 0.25) is 0 Å². The number of benzene rings is 4. The summed E-state index contributed by atoms with van der Waals surface area (Å²) in [6.07, 6.45) is 3.03. The second-order valence-corrected chi connectivity index (χ2v) is 15.6. The van der Waals surface area contributed by atoms with Crippen LogP contribution in [0, 0.1) is 6.92 Å². The van der Waals surface area contributed by atoms with E-state index in [2.05, 4.69) is 46.6 Å². The summed E-state index contributed by atoms with van der Waals surface area (Å²) >= 11 is 0. The standard InChI is InChI=1S/C42H52N2O7S/c1-31-12-19-37(20-13-31)52(45,46)42(34-16-21-40-39(27-34)44(23-26-50-40)22-8-24-47-2)51-41-29-43-35(28-38(41)33-14-17-36(48-3)18-15-33)30-49-25-7-11-32-9-5-4-6-10-32/h4-6,9-10,12-21,27,35,38,41-43H,7-8,11,22-26,28-30H2,1-3H3/t35-,38+,41-,42?/m0/s1. The molecule has 0 amide bonds. The van der Waals surface area contributed by atoms with Crippen LogP contribution in [0.3, 0.4) is 0 Å². The molecule has 0 bridgehead atoms. The predicted octanol–water partition coefficient (Wildman–Crippen LogP) is 6.89. The lowest BCUT2D eigenvalue weighted by molar-refractivity contribution is -0.0149. The predicted molar refractivity (Wildman–Crippen MR) is 204 cm³/mol. The fourth-order valence-corrected chi connectivity index (χ4v) is 8.65. The zero-order valence-electron chi connectivity index (χ0n) is 30.5. The van der Waals surface area contributed by atoms with E-state index in [1.807, 2.05) is 55.5 Å². The van der Waals surface area contributed by atoms with E-state index in [1.54, 1.807) is 26.4 Å². The number of nitrogens with zero attached hydrogens (tertiary/aromatic N) is 1. The van der Waals surface area contributed by atoms with E-state index in [4.69, 9.17) is 23.7 Å². The van der Waals surface area contributed by atoms with Crippen molar-refractivity contribution in [3.8, 4) is 11.5 Å². The number of fused-ring (bicyclic) bond motifs is 1. The molecule has 278 valence electrons. The number of aryl methyl sites for hydroxylation is 2. The molecule has 1 fully saturated rings. The minimum Gasteiger partial charge on any atom is -0.497 e. The maximum absolute atomic E-state index is 14.6. The molecule has 0 saturated carbocycles. The van der Waals surface area contributed by atoms with Gasteiger partial charge in [-0.05, 0) is 85.7 Å². The number of hydrogen-bond donors (Lipinski definition) is 1. The van der Waals surface area contributed by atoms with Crippen LogP contribution in [0.4, 0.5) is 5.69 Å². The first-order valence-electron chi connectivity index (χ1n) is 18.3. The second-order valence-electron chi connectivity index (χ2n) is 13.7. The van der Waals surface area contributed by atoms with E-state index < -0.39 is 21.4 Å². The van der Waals surface area contributed by atoms with Gasteiger partial charge in [-0.25, -0.2) is 8.42 Å². The molecule has 6 rings (SSSR count). The van der Waals surface area contributed by atoms with E-state index in [0.717, 1.165) is 60.5 Å². The molecule has 1 saturated heterocycles. The highest BCUT2D eigenvalue weighted by Crippen LogP contribution is 2.41. The Morgan fingerprint density at radius 2 is 1.71 bits per heavy atom. The summed E-state index contributed by atoms with van der Waals surface area (Å²) in [6, 6.07) is 31.2. The Morgan fingerprint density at radius 1 is 0.923 bits per heavy atom. The van der Waals surface area contributed by atoms with Gasteiger partial charge in [0.1, 0.15) is 18.1 Å². The van der Waals surface area contributed by atoms with Crippen molar-refractivity contribution in [1.29, 1.82) is 0 Å². The minimum absolute atomic E-state index is 0.0809. The molecule has 4 aromatic carbocycles. The van der Waals surface area contributed by atoms with Crippen LogP contribution in [0.15, 0.2) is 102 Å². The summed E-state index contributed by atoms with van der Waals surface area (Å²) in [7, 11) is -0.631. The molecular weight excluding hydrogens is 677 g/mol. The van der Waals surface area contributed by atoms with Crippen molar-refractivity contribution in [3.63, 3.8) is 0 Å². The zero-order valence-corrected chi connectivity index (χ0v) is 31.4. The Bertz CT molecular complexity index is 1800. The number of sulfone groups is 1. The number of ether oxygens (including phenoxy) is 5. The Morgan fingerprint density at radius 3 is 2.46 bits per heavy atom. The van der Waals surface area contributed by atoms with Gasteiger partial charge in [0.05, 0.1) is 36.9 Å². The number of rotatable bonds is 17. The van der Waals surface area contributed by atoms with Crippen molar-refractivity contribution in [2.75, 3.05) is 65.2 Å². The molecule has 2 aliphatic rings. The van der Waals surface area contributed by atoms with Gasteiger partial charge < -0.3 is 33.9 Å². The first-order valence-corrected chi connectivity index (χ1v) is 19.9. The Hall–Kier alpha value is -3.93. The summed E-state index contributed by atoms with van der Waals surface area (Å²) in [5.41, 5.74) is 3.54. The second kappa shape index (κ2) is 18.2. The monoisotopic (exact) mass is 728 g/mol. The normalized spacial score (nSPS) is 19.4. The first kappa shape index (κ1) is 37.8. The summed E-state index contributed by atoms with van der Waals surface area (Å²) in [5, 5.41) is 3.63. The molecule has 0 aliphatic carbocycles. The third kappa shape index (κ3) is 9.53. The molecule has 0 spiro atoms. The fraction of sp³-hybridized carbons (Fsp3) is 0.429. The quantitative estimate of drug-likeness (QED) is 0.117. The minimum atomic E-state index is -3.98. The molecule has 2 heterocycles. The van der Waals surface area contributed by atoms with Gasteiger partial charge >= 0.3 is 0 Å². The molecular formula is C42H52N2O7S. The molecule has 52 heavy (non-hydrogen) atoms. The van der Waals surface area contributed by atoms with Crippen LogP contribution < -0.4 is 19.7 Å². The average Bonchev–Trinajstić information content (AvgIpc) is 3.17. The smallest absolute Gasteiger partial charge is 0.209 e. The van der Waals surface area contributed by atoms with Crippen LogP contribution in [-0.4, -0.2) is 80.8 Å². The number of anilines is 1. The number of hydrogen-bond acceptors (Lipinski definition) is 9. The van der Waals surface area contributed by atoms with Gasteiger partial charge in [0.2, 0.25) is 9.84 Å². The molecule has 1 unspecified atom stereocenters. The van der Waals surface area contributed by atoms with Gasteiger partial charge in [0, 0.05) is 45.4 Å². The summed E-state index contributed by atoms with van der Waals surface area (Å²) in [4.78, 5) is 2.46. The van der Waals surface area contributed by atoms with Gasteiger partial charge in [-0.15, -0.1) is 0 Å². The largest absolute Gasteiger partial charge is 0.497 e. The van der Waals surface area contributed by atoms with E-state index >= 15 is 0 Å². The summed E-state index contributed by atoms with van der Waals surface area (Å²) in [5.74, 6) is 1.41. The number of piperidine rings is 1. The molecule has 0 radical (unpaired) electrons. The van der Waals surface area contributed by atoms with Crippen LogP contribution in [0.25, 0.3) is 0 Å². The lowest BCUT2D eigenvalue weighted by Crippen LogP contribution is -2.49. The van der Waals surface area contributed by atoms with Crippen molar-refractivity contribution < 1.29 is 32.1 Å². The highest BCUT2D eigenvalue weighted by atomic mass is 32.2. The lowest BCUT2D eigenvalue weighted by Gasteiger charge is -2.39. The van der Waals surface area contributed by atoms with Crippen molar-refractivity contribution in [2.45, 2.75) is 61.0 Å². The Labute approximate surface area is 309 Å². The van der Waals surface area contributed by atoms with Gasteiger partial charge in [0.25, 0.3) is 0 Å². The molecule has 1 N–H and O–H groups in total. The lowest BCUT2D eigenvalue weighted by atomic mass is 9.84. The van der Waals surface area contributed by atoms with Gasteiger partial charge in [0.15, 0.2) is 5.44 Å². The maximum atomic E-state index is 14.6. The van der Waals surface area contributed by atoms with E-state index in [0.29, 0.717) is 45.1 Å². The molecule has 4 aromatic rings. The molecule has 4 atom stereocenters. The molecule has 2 aliphatic heterocycles. The molecule has 10 heteroatoms. The highest BCUT2D eigenvalue weighted by molar-refractivity contribution is 7.91. The topological polar surface area (TPSA) is 95.6 Å². The SMILES string of the molecule is COCCCN1CCOc2ccc(C(O[C@H]3CN[C@H](COCCCc4ccccc4)C[C@@H]3c3ccc(OC)cc3)S(=O)(=O)c3ccc(C)cc3)cc21. The van der Waals surface area contributed by atoms with Crippen LogP contribution in [0.1, 0.15) is 52.9 Å². The molecule has 0 aromatic heterocycles. The van der Waals surface area contributed by atoms with Crippen molar-refractivity contribution >= 4 is 15.5 Å². The van der Waals surface area contributed by atoms with Crippen LogP contribution in [-0.2, 0) is 30.5 Å². The fourth-order valence-electron chi connectivity index (χ4n) is 7.10. The van der Waals surface area contributed by atoms with Crippen molar-refractivity contribution in [1.82, 2.24) is 5.32 Å². The van der Waals surface area contributed by atoms with Crippen molar-refractivity contribution in [3.05, 3.63) is 119 Å². The van der Waals surface area contributed by atoms with Crippen molar-refractivity contribution in [2.24, 2.45) is 0 Å². The Balaban J connectivity index is 1.26. The third-order valence-corrected chi connectivity index (χ3v) is 11.9. The molecule has 9 nitrogen and oxygen atoms in total. The summed E-state index contributed by atoms with van der Waals surface area (Å²) in [6.45, 7) is 6.32. The number of methoxy groups -OCH3 is 2. The third-order valence-electron chi connectivity index (χ3n) is 9.98. The highest BCUT2D eigenvalue weighted by Gasteiger charge is 2.39. The Kier molecular flexibility index (Phi) is 13.2. The number of nitrogens with one attached hydrogen (secondary N) is 1. The van der Waals surface area contributed by atoms with Gasteiger partial charge in [-0.3, -0.25) is 0 Å². The zero-order chi connectivity index (χ0) is 36.3. The van der Waals surface area contributed by atoms with E-state index in [9.17, 15) is 8.42 Å². The summed E-state index contributed by atoms with van der Waals surface area (Å²) < 4.78 is 59.1. The van der Waals surface area contributed by atoms with Crippen LogP contribution in [0.5, 0.6) is 11.5 Å². The maximum Gasteiger partial charge on any atom is 0.209 e. The van der Waals surface area contributed by atoms with Gasteiger partial charge in [-0.2, -0.15) is 0 Å². The van der Waals surface area contributed by atoms with E-state index in [1.165, 1.54) is 5.56 Å². The average molecular weight is 729 g/mol. The van der Waals surface area contributed by atoms with E-state index in [-0.39, 0.29) is 16.9 Å².